The summed E-state index contributed by atoms with van der Waals surface area (Å²) in [6.07, 6.45) is 4.06. The van der Waals surface area contributed by atoms with Crippen molar-refractivity contribution in [2.75, 3.05) is 0 Å². The summed E-state index contributed by atoms with van der Waals surface area (Å²) in [4.78, 5) is 29.5. The van der Waals surface area contributed by atoms with Crippen LogP contribution in [0, 0.1) is 5.41 Å². The third-order valence-electron chi connectivity index (χ3n) is 4.53. The minimum Gasteiger partial charge on any atom is -0.480 e. The zero-order valence-corrected chi connectivity index (χ0v) is 12.6. The summed E-state index contributed by atoms with van der Waals surface area (Å²) >= 11 is 0. The number of hydrogen-bond donors (Lipinski definition) is 2. The molecule has 3 N–H and O–H groups in total. The molecule has 0 spiro atoms. The molecule has 2 saturated heterocycles. The highest BCUT2D eigenvalue weighted by molar-refractivity contribution is 6.08. The van der Waals surface area contributed by atoms with Gasteiger partial charge in [0.1, 0.15) is 6.04 Å². The molecule has 0 aromatic carbocycles. The molecule has 1 aromatic rings. The van der Waals surface area contributed by atoms with Gasteiger partial charge in [-0.05, 0) is 35.6 Å². The van der Waals surface area contributed by atoms with E-state index in [1.165, 1.54) is 4.90 Å². The predicted molar refractivity (Wildman–Crippen MR) is 80.6 cm³/mol. The lowest BCUT2D eigenvalue weighted by molar-refractivity contribution is -0.154. The Morgan fingerprint density at radius 2 is 2.32 bits per heavy atom. The van der Waals surface area contributed by atoms with E-state index in [-0.39, 0.29) is 11.9 Å². The van der Waals surface area contributed by atoms with Crippen molar-refractivity contribution >= 4 is 18.0 Å². The van der Waals surface area contributed by atoms with Gasteiger partial charge in [-0.3, -0.25) is 9.78 Å². The number of carbonyl (C=O) groups is 2. The molecule has 3 heterocycles. The number of nitrogens with two attached hydrogens (primary N) is 1. The van der Waals surface area contributed by atoms with Crippen LogP contribution in [0.1, 0.15) is 31.5 Å². The van der Waals surface area contributed by atoms with Gasteiger partial charge in [-0.2, -0.15) is 0 Å². The minimum atomic E-state index is -0.942. The van der Waals surface area contributed by atoms with Crippen LogP contribution in [0.2, 0.25) is 0 Å². The summed E-state index contributed by atoms with van der Waals surface area (Å²) in [5, 5.41) is 9.39. The molecule has 1 amide bonds. The van der Waals surface area contributed by atoms with Gasteiger partial charge < -0.3 is 15.7 Å². The number of aromatic nitrogens is 1. The molecule has 1 aromatic heterocycles. The minimum absolute atomic E-state index is 0.132. The molecule has 116 valence electrons. The zero-order valence-electron chi connectivity index (χ0n) is 12.6. The van der Waals surface area contributed by atoms with E-state index in [0.717, 1.165) is 5.56 Å². The Balaban J connectivity index is 1.91. The van der Waals surface area contributed by atoms with Crippen molar-refractivity contribution in [2.45, 2.75) is 38.9 Å². The number of aliphatic carboxylic acids is 1. The van der Waals surface area contributed by atoms with Crippen LogP contribution >= 0.6 is 0 Å². The van der Waals surface area contributed by atoms with Crippen LogP contribution in [-0.4, -0.2) is 39.0 Å². The molecule has 3 rings (SSSR count). The molecule has 22 heavy (non-hydrogen) atoms. The maximum atomic E-state index is 12.3. The first-order valence-corrected chi connectivity index (χ1v) is 7.27. The highest BCUT2D eigenvalue weighted by atomic mass is 16.4. The lowest BCUT2D eigenvalue weighted by Crippen LogP contribution is -2.57. The fourth-order valence-electron chi connectivity index (χ4n) is 3.48. The Bertz CT molecular complexity index is 681. The predicted octanol–water partition coefficient (Wildman–Crippen LogP) is 1.02. The number of amides is 1. The monoisotopic (exact) mass is 301 g/mol. The summed E-state index contributed by atoms with van der Waals surface area (Å²) in [5.74, 6) is -1.15. The van der Waals surface area contributed by atoms with Crippen molar-refractivity contribution in [3.8, 4) is 0 Å². The Morgan fingerprint density at radius 1 is 1.59 bits per heavy atom. The number of carboxylic acid groups (broad SMARTS) is 1. The van der Waals surface area contributed by atoms with E-state index < -0.39 is 17.4 Å². The smallest absolute Gasteiger partial charge is 0.327 e. The van der Waals surface area contributed by atoms with E-state index in [4.69, 9.17) is 5.73 Å². The molecule has 0 saturated carbocycles. The molecule has 6 nitrogen and oxygen atoms in total. The van der Waals surface area contributed by atoms with Gasteiger partial charge in [0.2, 0.25) is 0 Å². The molecule has 2 unspecified atom stereocenters. The summed E-state index contributed by atoms with van der Waals surface area (Å²) in [6.45, 7) is 4.20. The number of nitrogens with zero attached hydrogens (tertiary/aromatic N) is 2. The third kappa shape index (κ3) is 2.11. The van der Waals surface area contributed by atoms with Gasteiger partial charge in [0.05, 0.1) is 11.7 Å². The van der Waals surface area contributed by atoms with Crippen LogP contribution in [0.15, 0.2) is 23.9 Å². The molecule has 6 heteroatoms. The van der Waals surface area contributed by atoms with Gasteiger partial charge in [-0.25, -0.2) is 4.79 Å². The van der Waals surface area contributed by atoms with Crippen molar-refractivity contribution in [3.63, 3.8) is 0 Å². The number of carboxylic acids is 1. The molecular formula is C16H19N3O3. The fraction of sp³-hybridized carbons (Fsp3) is 0.438. The van der Waals surface area contributed by atoms with E-state index in [1.807, 2.05) is 26.0 Å². The standard InChI is InChI=1S/C16H19N3O3/c1-16(2)7-12-11(14(20)19(12)13(16)15(21)22)6-10-5-9(8-17)3-4-18-10/h3-6,12-13H,7-8,17H2,1-2H3,(H,21,22). The van der Waals surface area contributed by atoms with Gasteiger partial charge in [-0.1, -0.05) is 13.8 Å². The molecule has 2 fully saturated rings. The number of β-lactam (4-membered cyclic amide) rings is 1. The summed E-state index contributed by atoms with van der Waals surface area (Å²) < 4.78 is 0. The van der Waals surface area contributed by atoms with Gasteiger partial charge in [0.15, 0.2) is 0 Å². The van der Waals surface area contributed by atoms with Crippen molar-refractivity contribution in [3.05, 3.63) is 35.2 Å². The van der Waals surface area contributed by atoms with E-state index in [9.17, 15) is 14.7 Å². The highest BCUT2D eigenvalue weighted by Gasteiger charge is 2.60. The summed E-state index contributed by atoms with van der Waals surface area (Å²) in [6, 6.07) is 2.78. The number of pyridine rings is 1. The number of fused-ring (bicyclic) bond motifs is 1. The zero-order chi connectivity index (χ0) is 16.1. The normalized spacial score (nSPS) is 27.7. The van der Waals surface area contributed by atoms with E-state index in [0.29, 0.717) is 24.2 Å². The molecule has 0 bridgehead atoms. The quantitative estimate of drug-likeness (QED) is 0.642. The lowest BCUT2D eigenvalue weighted by atomic mass is 9.83. The second kappa shape index (κ2) is 4.91. The Morgan fingerprint density at radius 3 is 2.95 bits per heavy atom. The maximum absolute atomic E-state index is 12.3. The molecular weight excluding hydrogens is 282 g/mol. The average molecular weight is 301 g/mol. The number of hydrogen-bond acceptors (Lipinski definition) is 4. The number of rotatable bonds is 3. The van der Waals surface area contributed by atoms with Gasteiger partial charge in [-0.15, -0.1) is 0 Å². The second-order valence-corrected chi connectivity index (χ2v) is 6.55. The fourth-order valence-corrected chi connectivity index (χ4v) is 3.48. The highest BCUT2D eigenvalue weighted by Crippen LogP contribution is 2.49. The number of carbonyl (C=O) groups excluding carboxylic acids is 1. The van der Waals surface area contributed by atoms with Gasteiger partial charge in [0, 0.05) is 18.3 Å². The van der Waals surface area contributed by atoms with Crippen LogP contribution in [-0.2, 0) is 16.1 Å². The average Bonchev–Trinajstić information content (AvgIpc) is 2.73. The second-order valence-electron chi connectivity index (χ2n) is 6.55. The Labute approximate surface area is 128 Å². The van der Waals surface area contributed by atoms with Crippen LogP contribution in [0.5, 0.6) is 0 Å². The van der Waals surface area contributed by atoms with Crippen molar-refractivity contribution in [1.29, 1.82) is 0 Å². The van der Waals surface area contributed by atoms with Crippen LogP contribution in [0.3, 0.4) is 0 Å². The summed E-state index contributed by atoms with van der Waals surface area (Å²) in [7, 11) is 0. The van der Waals surface area contributed by atoms with Crippen molar-refractivity contribution in [2.24, 2.45) is 11.1 Å². The third-order valence-corrected chi connectivity index (χ3v) is 4.53. The first-order valence-electron chi connectivity index (χ1n) is 7.27. The van der Waals surface area contributed by atoms with Crippen molar-refractivity contribution < 1.29 is 14.7 Å². The molecule has 2 aliphatic heterocycles. The largest absolute Gasteiger partial charge is 0.480 e. The summed E-state index contributed by atoms with van der Waals surface area (Å²) in [5.41, 5.74) is 7.44. The van der Waals surface area contributed by atoms with E-state index in [1.54, 1.807) is 12.3 Å². The molecule has 0 radical (unpaired) electrons. The van der Waals surface area contributed by atoms with Gasteiger partial charge in [0.25, 0.3) is 5.91 Å². The first-order chi connectivity index (χ1) is 10.3. The maximum Gasteiger partial charge on any atom is 0.327 e. The van der Waals surface area contributed by atoms with Crippen LogP contribution in [0.25, 0.3) is 6.08 Å². The van der Waals surface area contributed by atoms with E-state index in [2.05, 4.69) is 4.98 Å². The molecule has 2 aliphatic rings. The topological polar surface area (TPSA) is 96.5 Å². The Kier molecular flexibility index (Phi) is 3.29. The Hall–Kier alpha value is -2.21. The molecule has 2 atom stereocenters. The van der Waals surface area contributed by atoms with Crippen molar-refractivity contribution in [1.82, 2.24) is 9.88 Å². The SMILES string of the molecule is CC1(C)CC2C(=Cc3cc(CN)ccn3)C(=O)N2C1C(=O)O. The lowest BCUT2D eigenvalue weighted by Gasteiger charge is -2.40. The molecule has 0 aliphatic carbocycles. The van der Waals surface area contributed by atoms with Crippen LogP contribution in [0.4, 0.5) is 0 Å². The van der Waals surface area contributed by atoms with E-state index >= 15 is 0 Å². The first kappa shape index (κ1) is 14.7. The van der Waals surface area contributed by atoms with Gasteiger partial charge >= 0.3 is 5.97 Å². The van der Waals surface area contributed by atoms with Crippen LogP contribution < -0.4 is 5.73 Å².